The van der Waals surface area contributed by atoms with Gasteiger partial charge in [0.05, 0.1) is 12.3 Å². The third-order valence-corrected chi connectivity index (χ3v) is 8.84. The van der Waals surface area contributed by atoms with Crippen LogP contribution in [0.25, 0.3) is 16.0 Å². The molecule has 0 N–H and O–H groups in total. The number of nitrogens with zero attached hydrogens (tertiary/aromatic N) is 5. The Morgan fingerprint density at radius 2 is 1.55 bits per heavy atom. The summed E-state index contributed by atoms with van der Waals surface area (Å²) in [6.07, 6.45) is 7.63. The van der Waals surface area contributed by atoms with Gasteiger partial charge in [-0.05, 0) is 60.1 Å². The molecular formula is C40H37N5OPt. The smallest absolute Gasteiger partial charge is 0.510 e. The van der Waals surface area contributed by atoms with Crippen molar-refractivity contribution in [2.45, 2.75) is 58.8 Å². The number of rotatable bonds is 5. The number of ether oxygens (including phenoxy) is 1. The number of benzene rings is 3. The molecule has 7 rings (SSSR count). The molecule has 0 saturated carbocycles. The van der Waals surface area contributed by atoms with Gasteiger partial charge in [0.1, 0.15) is 11.6 Å². The van der Waals surface area contributed by atoms with Crippen LogP contribution in [0, 0.1) is 25.6 Å². The second kappa shape index (κ2) is 13.3. The van der Waals surface area contributed by atoms with E-state index in [4.69, 9.17) is 16.3 Å². The van der Waals surface area contributed by atoms with Gasteiger partial charge in [-0.3, -0.25) is 4.85 Å². The monoisotopic (exact) mass is 798 g/mol. The maximum Gasteiger partial charge on any atom is 2.00 e. The van der Waals surface area contributed by atoms with Crippen LogP contribution in [0.4, 0.5) is 28.7 Å². The van der Waals surface area contributed by atoms with Crippen LogP contribution < -0.4 is 14.5 Å². The molecule has 2 aliphatic rings. The summed E-state index contributed by atoms with van der Waals surface area (Å²) in [5.74, 6) is 2.87. The minimum absolute atomic E-state index is 0. The average Bonchev–Trinajstić information content (AvgIpc) is 3.07. The van der Waals surface area contributed by atoms with Crippen molar-refractivity contribution < 1.29 is 25.8 Å². The fraction of sp³-hybridized carbons (Fsp3) is 0.275. The number of anilines is 4. The molecule has 47 heavy (non-hydrogen) atoms. The second-order valence-corrected chi connectivity index (χ2v) is 13.2. The summed E-state index contributed by atoms with van der Waals surface area (Å²) in [6, 6.07) is 29.7. The Bertz CT molecular complexity index is 1960. The van der Waals surface area contributed by atoms with E-state index in [2.05, 4.69) is 102 Å². The molecule has 5 aromatic rings. The van der Waals surface area contributed by atoms with E-state index in [0.717, 1.165) is 78.5 Å². The molecule has 0 radical (unpaired) electrons. The van der Waals surface area contributed by atoms with Crippen molar-refractivity contribution >= 4 is 28.7 Å². The molecule has 238 valence electrons. The number of hydrogen-bond donors (Lipinski definition) is 0. The maximum atomic E-state index is 8.03. The topological polar surface area (TPSA) is 45.9 Å². The zero-order valence-electron chi connectivity index (χ0n) is 27.2. The van der Waals surface area contributed by atoms with E-state index < -0.39 is 0 Å². The van der Waals surface area contributed by atoms with Crippen molar-refractivity contribution in [2.24, 2.45) is 0 Å². The standard InChI is InChI=1S/C40H37N5O.Pt/c1-27-17-18-42-38(21-27)44-19-9-13-29-15-16-30(23-36(29)44)46-31-22-35(41-5)32-14-10-20-45(37(32)24-31)39-25-34(40(2,3)4)33(26-43-39)28-11-7-6-8-12-28;/h6-8,11-12,15-18,21-22,25-26H,9-10,13-14,19-20H2,1-4H3;/q-2;+2. The molecule has 0 aliphatic carbocycles. The second-order valence-electron chi connectivity index (χ2n) is 13.2. The van der Waals surface area contributed by atoms with E-state index in [1.165, 1.54) is 16.7 Å². The van der Waals surface area contributed by atoms with Gasteiger partial charge in [-0.25, -0.2) is 9.97 Å². The molecular weight excluding hydrogens is 762 g/mol. The van der Waals surface area contributed by atoms with E-state index in [-0.39, 0.29) is 26.5 Å². The van der Waals surface area contributed by atoms with Gasteiger partial charge >= 0.3 is 21.1 Å². The Morgan fingerprint density at radius 1 is 0.830 bits per heavy atom. The molecule has 0 amide bonds. The van der Waals surface area contributed by atoms with Gasteiger partial charge in [-0.15, -0.1) is 35.4 Å². The first-order valence-corrected chi connectivity index (χ1v) is 16.0. The summed E-state index contributed by atoms with van der Waals surface area (Å²) in [5, 5.41) is 0. The largest absolute Gasteiger partial charge is 2.00 e. The number of pyridine rings is 2. The van der Waals surface area contributed by atoms with E-state index in [9.17, 15) is 0 Å². The third kappa shape index (κ3) is 6.55. The number of aryl methyl sites for hydroxylation is 2. The van der Waals surface area contributed by atoms with Crippen LogP contribution in [0.2, 0.25) is 0 Å². The van der Waals surface area contributed by atoms with Crippen LogP contribution in [-0.4, -0.2) is 23.1 Å². The predicted octanol–water partition coefficient (Wildman–Crippen LogP) is 9.86. The molecule has 6 nitrogen and oxygen atoms in total. The predicted molar refractivity (Wildman–Crippen MR) is 185 cm³/mol. The maximum absolute atomic E-state index is 8.03. The van der Waals surface area contributed by atoms with Crippen molar-refractivity contribution in [2.75, 3.05) is 22.9 Å². The zero-order chi connectivity index (χ0) is 31.8. The van der Waals surface area contributed by atoms with E-state index in [1.54, 1.807) is 0 Å². The van der Waals surface area contributed by atoms with E-state index in [0.29, 0.717) is 17.2 Å². The Hall–Kier alpha value is -4.46. The SMILES string of the molecule is [C-]#[N+]c1cc(Oc2[c-]c3c(cc2)CCCN3c2cc(C)ccn2)[c-]c2c1CCCN2c1cc(C(C)(C)C)c(-c2ccccc2)cn1.[Pt+2]. The van der Waals surface area contributed by atoms with Crippen LogP contribution in [0.5, 0.6) is 11.5 Å². The van der Waals surface area contributed by atoms with Crippen LogP contribution in [-0.2, 0) is 39.3 Å². The van der Waals surface area contributed by atoms with E-state index >= 15 is 0 Å². The third-order valence-electron chi connectivity index (χ3n) is 8.84. The summed E-state index contributed by atoms with van der Waals surface area (Å²) in [7, 11) is 0. The summed E-state index contributed by atoms with van der Waals surface area (Å²) in [4.78, 5) is 18.0. The molecule has 2 aromatic heterocycles. The normalized spacial score (nSPS) is 14.0. The number of aromatic nitrogens is 2. The van der Waals surface area contributed by atoms with Gasteiger partial charge in [-0.1, -0.05) is 75.3 Å². The van der Waals surface area contributed by atoms with Crippen molar-refractivity contribution in [1.29, 1.82) is 0 Å². The van der Waals surface area contributed by atoms with Crippen LogP contribution in [0.1, 0.15) is 55.9 Å². The molecule has 0 saturated heterocycles. The van der Waals surface area contributed by atoms with Crippen LogP contribution in [0.15, 0.2) is 79.1 Å². The molecule has 0 bridgehead atoms. The van der Waals surface area contributed by atoms with Crippen LogP contribution in [0.3, 0.4) is 0 Å². The van der Waals surface area contributed by atoms with Gasteiger partial charge in [0.2, 0.25) is 0 Å². The average molecular weight is 799 g/mol. The number of hydrogen-bond acceptors (Lipinski definition) is 5. The van der Waals surface area contributed by atoms with Gasteiger partial charge in [0, 0.05) is 42.5 Å². The zero-order valence-corrected chi connectivity index (χ0v) is 29.5. The Balaban J connectivity index is 0.00000386. The van der Waals surface area contributed by atoms with Gasteiger partial charge in [-0.2, -0.15) is 6.07 Å². The Kier molecular flexibility index (Phi) is 9.22. The summed E-state index contributed by atoms with van der Waals surface area (Å²) >= 11 is 0. The van der Waals surface area contributed by atoms with Crippen LogP contribution >= 0.6 is 0 Å². The molecule has 4 heterocycles. The van der Waals surface area contributed by atoms with E-state index in [1.807, 2.05) is 36.7 Å². The quantitative estimate of drug-likeness (QED) is 0.166. The summed E-state index contributed by atoms with van der Waals surface area (Å²) in [5.41, 5.74) is 9.25. The van der Waals surface area contributed by atoms with Gasteiger partial charge < -0.3 is 14.5 Å². The number of fused-ring (bicyclic) bond motifs is 2. The van der Waals surface area contributed by atoms with Crippen molar-refractivity contribution in [3.05, 3.63) is 125 Å². The fourth-order valence-electron chi connectivity index (χ4n) is 6.56. The molecule has 3 aromatic carbocycles. The van der Waals surface area contributed by atoms with Gasteiger partial charge in [0.15, 0.2) is 0 Å². The van der Waals surface area contributed by atoms with Crippen molar-refractivity contribution in [3.63, 3.8) is 0 Å². The molecule has 0 unspecified atom stereocenters. The molecule has 2 aliphatic heterocycles. The molecule has 0 fully saturated rings. The first kappa shape index (κ1) is 32.5. The first-order chi connectivity index (χ1) is 22.3. The van der Waals surface area contributed by atoms with Gasteiger partial charge in [0.25, 0.3) is 0 Å². The summed E-state index contributed by atoms with van der Waals surface area (Å²) < 4.78 is 6.45. The van der Waals surface area contributed by atoms with Crippen molar-refractivity contribution in [3.8, 4) is 22.6 Å². The minimum Gasteiger partial charge on any atom is -0.510 e. The summed E-state index contributed by atoms with van der Waals surface area (Å²) in [6.45, 7) is 18.5. The first-order valence-electron chi connectivity index (χ1n) is 16.0. The minimum atomic E-state index is -0.0953. The molecule has 7 heteroatoms. The molecule has 0 spiro atoms. The Morgan fingerprint density at radius 3 is 2.30 bits per heavy atom. The van der Waals surface area contributed by atoms with Crippen molar-refractivity contribution in [1.82, 2.24) is 9.97 Å². The Labute approximate surface area is 292 Å². The molecule has 0 atom stereocenters. The fourth-order valence-corrected chi connectivity index (χ4v) is 6.56.